The van der Waals surface area contributed by atoms with E-state index in [1.807, 2.05) is 40.1 Å². The summed E-state index contributed by atoms with van der Waals surface area (Å²) in [6.45, 7) is 5.93. The maximum atomic E-state index is 13.1. The largest absolute Gasteiger partial charge is 0.493 e. The van der Waals surface area contributed by atoms with E-state index in [4.69, 9.17) is 4.74 Å². The van der Waals surface area contributed by atoms with Crippen molar-refractivity contribution in [2.75, 3.05) is 32.8 Å². The van der Waals surface area contributed by atoms with Crippen molar-refractivity contribution < 1.29 is 14.3 Å². The molecule has 5 heteroatoms. The first-order chi connectivity index (χ1) is 14.6. The number of hydrogen-bond donors (Lipinski definition) is 0. The molecule has 1 aromatic rings. The van der Waals surface area contributed by atoms with E-state index in [0.717, 1.165) is 76.9 Å². The number of rotatable bonds is 9. The Bertz CT molecular complexity index is 662. The topological polar surface area (TPSA) is 49.9 Å². The third-order valence-corrected chi connectivity index (χ3v) is 6.69. The van der Waals surface area contributed by atoms with Crippen LogP contribution in [-0.2, 0) is 9.59 Å². The maximum Gasteiger partial charge on any atom is 0.223 e. The fourth-order valence-corrected chi connectivity index (χ4v) is 4.62. The van der Waals surface area contributed by atoms with Gasteiger partial charge in [0, 0.05) is 44.4 Å². The molecule has 2 fully saturated rings. The number of benzene rings is 1. The van der Waals surface area contributed by atoms with E-state index in [9.17, 15) is 9.59 Å². The average molecular weight is 415 g/mol. The van der Waals surface area contributed by atoms with Crippen molar-refractivity contribution in [3.05, 3.63) is 30.3 Å². The molecule has 2 saturated heterocycles. The molecule has 0 N–H and O–H groups in total. The van der Waals surface area contributed by atoms with E-state index in [-0.39, 0.29) is 17.2 Å². The highest BCUT2D eigenvalue weighted by atomic mass is 16.5. The molecule has 0 aliphatic carbocycles. The van der Waals surface area contributed by atoms with Crippen LogP contribution in [0.15, 0.2) is 30.3 Å². The zero-order valence-electron chi connectivity index (χ0n) is 18.6. The van der Waals surface area contributed by atoms with E-state index < -0.39 is 0 Å². The summed E-state index contributed by atoms with van der Waals surface area (Å²) in [7, 11) is 0. The summed E-state index contributed by atoms with van der Waals surface area (Å²) in [6, 6.07) is 9.85. The number of nitrogens with zero attached hydrogens (tertiary/aromatic N) is 2. The van der Waals surface area contributed by atoms with Crippen LogP contribution in [0.1, 0.15) is 71.1 Å². The lowest BCUT2D eigenvalue weighted by molar-refractivity contribution is -0.138. The molecule has 0 atom stereocenters. The van der Waals surface area contributed by atoms with Gasteiger partial charge in [0.1, 0.15) is 5.75 Å². The van der Waals surface area contributed by atoms with Crippen molar-refractivity contribution in [3.8, 4) is 5.75 Å². The van der Waals surface area contributed by atoms with Gasteiger partial charge in [-0.05, 0) is 50.7 Å². The Morgan fingerprint density at radius 1 is 0.900 bits per heavy atom. The fourth-order valence-electron chi connectivity index (χ4n) is 4.62. The van der Waals surface area contributed by atoms with Crippen LogP contribution >= 0.6 is 0 Å². The third-order valence-electron chi connectivity index (χ3n) is 6.69. The van der Waals surface area contributed by atoms with Gasteiger partial charge in [0.25, 0.3) is 0 Å². The molecule has 1 aromatic carbocycles. The minimum Gasteiger partial charge on any atom is -0.493 e. The van der Waals surface area contributed by atoms with Gasteiger partial charge in [0.2, 0.25) is 11.8 Å². The van der Waals surface area contributed by atoms with Gasteiger partial charge < -0.3 is 14.5 Å². The molecule has 0 spiro atoms. The molecule has 0 unspecified atom stereocenters. The summed E-state index contributed by atoms with van der Waals surface area (Å²) in [5.41, 5.74) is -0.190. The van der Waals surface area contributed by atoms with Crippen LogP contribution in [0.25, 0.3) is 0 Å². The predicted molar refractivity (Wildman–Crippen MR) is 119 cm³/mol. The van der Waals surface area contributed by atoms with Crippen LogP contribution in [-0.4, -0.2) is 54.4 Å². The molecule has 2 aliphatic heterocycles. The van der Waals surface area contributed by atoms with Crippen LogP contribution in [0.2, 0.25) is 0 Å². The Morgan fingerprint density at radius 3 is 2.23 bits per heavy atom. The van der Waals surface area contributed by atoms with E-state index >= 15 is 0 Å². The standard InChI is InChI=1S/C25H38N2O3/c1-2-3-6-13-23(28)27-18-14-25(15-19-27,21-30-22-11-7-4-8-12-22)20-24(29)26-16-9-5-10-17-26/h4,7-8,11-12H,2-3,5-6,9-10,13-21H2,1H3. The first-order valence-corrected chi connectivity index (χ1v) is 11.9. The van der Waals surface area contributed by atoms with Gasteiger partial charge in [0.05, 0.1) is 6.61 Å². The molecule has 30 heavy (non-hydrogen) atoms. The Balaban J connectivity index is 1.61. The molecule has 0 aromatic heterocycles. The highest BCUT2D eigenvalue weighted by Gasteiger charge is 2.39. The zero-order valence-corrected chi connectivity index (χ0v) is 18.6. The summed E-state index contributed by atoms with van der Waals surface area (Å²) in [6.07, 6.45) is 9.50. The van der Waals surface area contributed by atoms with Crippen LogP contribution in [0.3, 0.4) is 0 Å². The number of unbranched alkanes of at least 4 members (excludes halogenated alkanes) is 2. The second-order valence-corrected chi connectivity index (χ2v) is 9.06. The number of carbonyl (C=O) groups is 2. The van der Waals surface area contributed by atoms with Crippen LogP contribution in [0.4, 0.5) is 0 Å². The van der Waals surface area contributed by atoms with E-state index in [1.54, 1.807) is 0 Å². The highest BCUT2D eigenvalue weighted by Crippen LogP contribution is 2.37. The first kappa shape index (κ1) is 22.6. The number of likely N-dealkylation sites (tertiary alicyclic amines) is 2. The molecule has 0 saturated carbocycles. The van der Waals surface area contributed by atoms with Gasteiger partial charge in [-0.1, -0.05) is 38.0 Å². The van der Waals surface area contributed by atoms with Crippen molar-refractivity contribution in [2.24, 2.45) is 5.41 Å². The monoisotopic (exact) mass is 414 g/mol. The normalized spacial score (nSPS) is 18.8. The molecule has 2 heterocycles. The molecule has 5 nitrogen and oxygen atoms in total. The zero-order chi connectivity index (χ0) is 21.2. The van der Waals surface area contributed by atoms with Gasteiger partial charge in [-0.3, -0.25) is 9.59 Å². The van der Waals surface area contributed by atoms with Gasteiger partial charge in [-0.2, -0.15) is 0 Å². The second-order valence-electron chi connectivity index (χ2n) is 9.06. The quantitative estimate of drug-likeness (QED) is 0.552. The molecule has 2 aliphatic rings. The van der Waals surface area contributed by atoms with Crippen molar-refractivity contribution >= 4 is 11.8 Å². The summed E-state index contributed by atoms with van der Waals surface area (Å²) >= 11 is 0. The lowest BCUT2D eigenvalue weighted by Gasteiger charge is -2.42. The number of piperidine rings is 2. The van der Waals surface area contributed by atoms with Crippen molar-refractivity contribution in [3.63, 3.8) is 0 Å². The van der Waals surface area contributed by atoms with Gasteiger partial charge in [-0.25, -0.2) is 0 Å². The molecule has 3 rings (SSSR count). The molecule has 0 bridgehead atoms. The highest BCUT2D eigenvalue weighted by molar-refractivity contribution is 5.78. The lowest BCUT2D eigenvalue weighted by Crippen LogP contribution is -2.48. The molecule has 0 radical (unpaired) electrons. The average Bonchev–Trinajstić information content (AvgIpc) is 2.79. The molecular formula is C25H38N2O3. The van der Waals surface area contributed by atoms with E-state index in [0.29, 0.717) is 19.4 Å². The fraction of sp³-hybridized carbons (Fsp3) is 0.680. The van der Waals surface area contributed by atoms with Crippen LogP contribution in [0, 0.1) is 5.41 Å². The minimum atomic E-state index is -0.190. The number of para-hydroxylation sites is 1. The summed E-state index contributed by atoms with van der Waals surface area (Å²) in [4.78, 5) is 29.7. The third kappa shape index (κ3) is 6.48. The van der Waals surface area contributed by atoms with Crippen molar-refractivity contribution in [2.45, 2.75) is 71.1 Å². The SMILES string of the molecule is CCCCCC(=O)N1CCC(COc2ccccc2)(CC(=O)N2CCCCC2)CC1. The lowest BCUT2D eigenvalue weighted by atomic mass is 9.75. The number of carbonyl (C=O) groups excluding carboxylic acids is 2. The predicted octanol–water partition coefficient (Wildman–Crippen LogP) is 4.66. The number of ether oxygens (including phenoxy) is 1. The summed E-state index contributed by atoms with van der Waals surface area (Å²) in [5.74, 6) is 1.37. The van der Waals surface area contributed by atoms with Crippen LogP contribution in [0.5, 0.6) is 5.75 Å². The maximum absolute atomic E-state index is 13.1. The molecule has 2 amide bonds. The molecule has 166 valence electrons. The minimum absolute atomic E-state index is 0.190. The van der Waals surface area contributed by atoms with Gasteiger partial charge >= 0.3 is 0 Å². The number of amides is 2. The first-order valence-electron chi connectivity index (χ1n) is 11.9. The Hall–Kier alpha value is -2.04. The van der Waals surface area contributed by atoms with Gasteiger partial charge in [-0.15, -0.1) is 0 Å². The summed E-state index contributed by atoms with van der Waals surface area (Å²) < 4.78 is 6.14. The van der Waals surface area contributed by atoms with Crippen molar-refractivity contribution in [1.82, 2.24) is 9.80 Å². The van der Waals surface area contributed by atoms with Gasteiger partial charge in [0.15, 0.2) is 0 Å². The van der Waals surface area contributed by atoms with Crippen LogP contribution < -0.4 is 4.74 Å². The van der Waals surface area contributed by atoms with Crippen molar-refractivity contribution in [1.29, 1.82) is 0 Å². The molecular weight excluding hydrogens is 376 g/mol. The number of hydrogen-bond acceptors (Lipinski definition) is 3. The van der Waals surface area contributed by atoms with E-state index in [1.165, 1.54) is 6.42 Å². The smallest absolute Gasteiger partial charge is 0.223 e. The Kier molecular flexibility index (Phi) is 8.59. The Morgan fingerprint density at radius 2 is 1.57 bits per heavy atom. The second kappa shape index (κ2) is 11.4. The summed E-state index contributed by atoms with van der Waals surface area (Å²) in [5, 5.41) is 0. The Labute approximate surface area is 181 Å². The van der Waals surface area contributed by atoms with E-state index in [2.05, 4.69) is 6.92 Å².